The highest BCUT2D eigenvalue weighted by Gasteiger charge is 2.16. The first-order valence-corrected chi connectivity index (χ1v) is 16.9. The molecular weight excluding hydrogens is 536 g/mol. The Morgan fingerprint density at radius 1 is 0.875 bits per heavy atom. The first-order chi connectivity index (χ1) is 19.6. The molecule has 1 heterocycles. The van der Waals surface area contributed by atoms with E-state index >= 15 is 0 Å². The van der Waals surface area contributed by atoms with Gasteiger partial charge in [0.1, 0.15) is 5.75 Å². The van der Waals surface area contributed by atoms with Crippen LogP contribution in [0.1, 0.15) is 108 Å². The molecule has 40 heavy (non-hydrogen) atoms. The number of amides is 1. The summed E-state index contributed by atoms with van der Waals surface area (Å²) < 4.78 is 6.08. The Morgan fingerprint density at radius 3 is 2.10 bits per heavy atom. The Labute approximate surface area is 252 Å². The zero-order valence-electron chi connectivity index (χ0n) is 24.7. The molecule has 1 aliphatic rings. The molecule has 0 N–H and O–H groups in total. The highest BCUT2D eigenvalue weighted by atomic mass is 35.5. The zero-order chi connectivity index (χ0) is 28.4. The molecule has 0 saturated heterocycles. The molecule has 4 nitrogen and oxygen atoms in total. The fourth-order valence-electron chi connectivity index (χ4n) is 5.00. The summed E-state index contributed by atoms with van der Waals surface area (Å²) in [4.78, 5) is 17.0. The number of rotatable bonds is 20. The van der Waals surface area contributed by atoms with Crippen molar-refractivity contribution >= 4 is 35.0 Å². The van der Waals surface area contributed by atoms with Crippen LogP contribution in [0, 0.1) is 0 Å². The Bertz CT molecular complexity index is 1030. The lowest BCUT2D eigenvalue weighted by Crippen LogP contribution is -2.29. The van der Waals surface area contributed by atoms with E-state index in [2.05, 4.69) is 47.7 Å². The number of nitrogens with zero attached hydrogens (tertiary/aromatic N) is 2. The molecular formula is C34H49ClN2O2S. The molecule has 0 fully saturated rings. The number of unbranched alkanes of at least 4 members (excludes halogenated alkanes) is 11. The number of hydrogen-bond acceptors (Lipinski definition) is 4. The van der Waals surface area contributed by atoms with Crippen molar-refractivity contribution in [1.29, 1.82) is 0 Å². The number of anilines is 1. The molecule has 0 aliphatic carbocycles. The lowest BCUT2D eigenvalue weighted by molar-refractivity contribution is -0.118. The van der Waals surface area contributed by atoms with Crippen LogP contribution < -0.4 is 9.64 Å². The third-order valence-electron chi connectivity index (χ3n) is 7.44. The minimum Gasteiger partial charge on any atom is -0.492 e. The van der Waals surface area contributed by atoms with E-state index in [0.29, 0.717) is 30.3 Å². The van der Waals surface area contributed by atoms with Gasteiger partial charge in [-0.1, -0.05) is 114 Å². The van der Waals surface area contributed by atoms with Gasteiger partial charge in [-0.25, -0.2) is 0 Å². The normalized spacial score (nSPS) is 12.7. The fraction of sp³-hybridized carbons (Fsp3) is 0.559. The third kappa shape index (κ3) is 11.8. The zero-order valence-corrected chi connectivity index (χ0v) is 26.3. The van der Waals surface area contributed by atoms with Crippen molar-refractivity contribution < 1.29 is 9.53 Å². The van der Waals surface area contributed by atoms with E-state index in [4.69, 9.17) is 16.3 Å². The number of thioether (sulfide) groups is 1. The van der Waals surface area contributed by atoms with Gasteiger partial charge in [-0.2, -0.15) is 0 Å². The number of carbonyl (C=O) groups is 1. The summed E-state index contributed by atoms with van der Waals surface area (Å²) in [5, 5.41) is 2.74. The van der Waals surface area contributed by atoms with Crippen molar-refractivity contribution in [2.24, 2.45) is 0 Å². The molecule has 3 rings (SSSR count). The van der Waals surface area contributed by atoms with Crippen LogP contribution in [0.3, 0.4) is 0 Å². The number of carbonyl (C=O) groups excluding carboxylic acids is 1. The van der Waals surface area contributed by atoms with E-state index in [-0.39, 0.29) is 5.91 Å². The number of ether oxygens (including phenoxy) is 1. The van der Waals surface area contributed by atoms with Gasteiger partial charge in [-0.15, -0.1) is 11.8 Å². The average molecular weight is 585 g/mol. The summed E-state index contributed by atoms with van der Waals surface area (Å²) in [6, 6.07) is 14.2. The first-order valence-electron chi connectivity index (χ1n) is 15.4. The van der Waals surface area contributed by atoms with Crippen molar-refractivity contribution in [2.75, 3.05) is 17.4 Å². The molecule has 6 heteroatoms. The standard InChI is InChI=1S/C34H49ClN2O2S/c1-3-5-6-7-8-9-10-11-12-13-14-15-23-39-33-25-30(18-21-32(33)35)27-37(34(38)4-2)31-19-16-29(17-20-31)26-36-22-24-40-28-36/h16-22,24-25H,3-15,23,26-28H2,1-2H3. The molecule has 1 aliphatic heterocycles. The van der Waals surface area contributed by atoms with Crippen molar-refractivity contribution in [3.63, 3.8) is 0 Å². The van der Waals surface area contributed by atoms with Crippen LogP contribution in [-0.4, -0.2) is 23.3 Å². The van der Waals surface area contributed by atoms with Crippen molar-refractivity contribution in [3.8, 4) is 5.75 Å². The van der Waals surface area contributed by atoms with Gasteiger partial charge in [0, 0.05) is 24.9 Å². The fourth-order valence-corrected chi connectivity index (χ4v) is 5.89. The lowest BCUT2D eigenvalue weighted by Gasteiger charge is -2.24. The van der Waals surface area contributed by atoms with E-state index in [1.807, 2.05) is 30.0 Å². The number of benzene rings is 2. The molecule has 0 saturated carbocycles. The second-order valence-electron chi connectivity index (χ2n) is 10.8. The topological polar surface area (TPSA) is 32.8 Å². The van der Waals surface area contributed by atoms with Gasteiger partial charge in [-0.3, -0.25) is 4.79 Å². The SMILES string of the molecule is CCCCCCCCCCCCCCOc1cc(CN(C(=O)CC)c2ccc(CN3C=CSC3)cc2)ccc1Cl. The van der Waals surface area contributed by atoms with Gasteiger partial charge in [0.05, 0.1) is 24.1 Å². The third-order valence-corrected chi connectivity index (χ3v) is 8.54. The Kier molecular flexibility index (Phi) is 15.5. The summed E-state index contributed by atoms with van der Waals surface area (Å²) in [5.41, 5.74) is 3.16. The summed E-state index contributed by atoms with van der Waals surface area (Å²) in [6.07, 6.45) is 18.5. The van der Waals surface area contributed by atoms with Gasteiger partial charge in [0.2, 0.25) is 5.91 Å². The van der Waals surface area contributed by atoms with Crippen molar-refractivity contribution in [1.82, 2.24) is 4.90 Å². The van der Waals surface area contributed by atoms with Gasteiger partial charge >= 0.3 is 0 Å². The van der Waals surface area contributed by atoms with Gasteiger partial charge in [-0.05, 0) is 47.2 Å². The van der Waals surface area contributed by atoms with E-state index < -0.39 is 0 Å². The van der Waals surface area contributed by atoms with E-state index in [1.165, 1.54) is 76.2 Å². The molecule has 0 unspecified atom stereocenters. The van der Waals surface area contributed by atoms with Crippen LogP contribution in [0.25, 0.3) is 0 Å². The van der Waals surface area contributed by atoms with Crippen LogP contribution in [-0.2, 0) is 17.9 Å². The summed E-state index contributed by atoms with van der Waals surface area (Å²) in [5.74, 6) is 1.79. The minimum absolute atomic E-state index is 0.0977. The van der Waals surface area contributed by atoms with Crippen LogP contribution >= 0.6 is 23.4 Å². The number of halogens is 1. The predicted molar refractivity (Wildman–Crippen MR) is 173 cm³/mol. The highest BCUT2D eigenvalue weighted by molar-refractivity contribution is 8.02. The van der Waals surface area contributed by atoms with E-state index in [9.17, 15) is 4.79 Å². The van der Waals surface area contributed by atoms with Gasteiger partial charge in [0.25, 0.3) is 0 Å². The van der Waals surface area contributed by atoms with Gasteiger partial charge < -0.3 is 14.5 Å². The summed E-state index contributed by atoms with van der Waals surface area (Å²) >= 11 is 8.27. The molecule has 0 spiro atoms. The Balaban J connectivity index is 1.42. The van der Waals surface area contributed by atoms with E-state index in [0.717, 1.165) is 30.1 Å². The largest absolute Gasteiger partial charge is 0.492 e. The maximum Gasteiger partial charge on any atom is 0.227 e. The first kappa shape index (κ1) is 32.4. The maximum absolute atomic E-state index is 12.9. The average Bonchev–Trinajstić information content (AvgIpc) is 3.49. The highest BCUT2D eigenvalue weighted by Crippen LogP contribution is 2.28. The monoisotopic (exact) mass is 584 g/mol. The molecule has 0 aromatic heterocycles. The number of hydrogen-bond donors (Lipinski definition) is 0. The molecule has 2 aromatic carbocycles. The quantitative estimate of drug-likeness (QED) is 0.145. The van der Waals surface area contributed by atoms with Crippen LogP contribution in [0.15, 0.2) is 54.1 Å². The smallest absolute Gasteiger partial charge is 0.227 e. The maximum atomic E-state index is 12.9. The summed E-state index contributed by atoms with van der Waals surface area (Å²) in [7, 11) is 0. The molecule has 2 aromatic rings. The lowest BCUT2D eigenvalue weighted by atomic mass is 10.1. The molecule has 220 valence electrons. The van der Waals surface area contributed by atoms with Crippen LogP contribution in [0.5, 0.6) is 5.75 Å². The molecule has 0 bridgehead atoms. The van der Waals surface area contributed by atoms with E-state index in [1.54, 1.807) is 11.8 Å². The molecule has 0 radical (unpaired) electrons. The second kappa shape index (κ2) is 19.1. The summed E-state index contributed by atoms with van der Waals surface area (Å²) in [6.45, 7) is 6.22. The van der Waals surface area contributed by atoms with Crippen molar-refractivity contribution in [2.45, 2.75) is 110 Å². The van der Waals surface area contributed by atoms with Crippen molar-refractivity contribution in [3.05, 3.63) is 70.2 Å². The Hall–Kier alpha value is -2.11. The van der Waals surface area contributed by atoms with Gasteiger partial charge in [0.15, 0.2) is 0 Å². The minimum atomic E-state index is 0.0977. The molecule has 0 atom stereocenters. The predicted octanol–water partition coefficient (Wildman–Crippen LogP) is 10.3. The van der Waals surface area contributed by atoms with Crippen LogP contribution in [0.4, 0.5) is 5.69 Å². The Morgan fingerprint density at radius 2 is 1.50 bits per heavy atom. The molecule has 1 amide bonds. The van der Waals surface area contributed by atoms with Crippen LogP contribution in [0.2, 0.25) is 5.02 Å². The second-order valence-corrected chi connectivity index (χ2v) is 12.1.